The number of nitrogens with zero attached hydrogens (tertiary/aromatic N) is 3. The summed E-state index contributed by atoms with van der Waals surface area (Å²) in [6, 6.07) is 5.86. The van der Waals surface area contributed by atoms with Crippen LogP contribution in [-0.4, -0.2) is 29.9 Å². The minimum atomic E-state index is -0.359. The molecule has 0 aromatic heterocycles. The summed E-state index contributed by atoms with van der Waals surface area (Å²) in [5, 5.41) is 0. The Bertz CT molecular complexity index is 501. The van der Waals surface area contributed by atoms with Gasteiger partial charge in [0, 0.05) is 13.1 Å². The third-order valence-electron chi connectivity index (χ3n) is 2.96. The van der Waals surface area contributed by atoms with E-state index in [0.29, 0.717) is 11.6 Å². The summed E-state index contributed by atoms with van der Waals surface area (Å²) in [5.74, 6) is 0.0491. The molecule has 0 aliphatic carbocycles. The van der Waals surface area contributed by atoms with Gasteiger partial charge in [-0.15, -0.1) is 24.8 Å². The molecule has 0 bridgehead atoms. The van der Waals surface area contributed by atoms with Gasteiger partial charge >= 0.3 is 0 Å². The number of benzene rings is 1. The van der Waals surface area contributed by atoms with Crippen molar-refractivity contribution in [2.24, 2.45) is 21.5 Å². The lowest BCUT2D eigenvalue weighted by atomic mass is 10.1. The zero-order valence-electron chi connectivity index (χ0n) is 11.5. The first-order valence-corrected chi connectivity index (χ1v) is 6.34. The Balaban J connectivity index is 0.00000200. The number of aliphatic imine (C=N–C) groups is 2. The van der Waals surface area contributed by atoms with Gasteiger partial charge in [0.05, 0.1) is 5.69 Å². The minimum absolute atomic E-state index is 0. The highest BCUT2D eigenvalue weighted by Gasteiger charge is 2.12. The molecule has 0 unspecified atom stereocenters. The van der Waals surface area contributed by atoms with Gasteiger partial charge in [0.25, 0.3) is 0 Å². The number of piperidine rings is 1. The Morgan fingerprint density at radius 3 is 2.38 bits per heavy atom. The van der Waals surface area contributed by atoms with Gasteiger partial charge in [-0.3, -0.25) is 0 Å². The zero-order chi connectivity index (χ0) is 13.7. The summed E-state index contributed by atoms with van der Waals surface area (Å²) < 4.78 is 13.0. The van der Waals surface area contributed by atoms with Crippen molar-refractivity contribution < 1.29 is 4.39 Å². The highest BCUT2D eigenvalue weighted by Crippen LogP contribution is 2.13. The minimum Gasteiger partial charge on any atom is -0.369 e. The lowest BCUT2D eigenvalue weighted by Crippen LogP contribution is -2.41. The molecular weight excluding hydrogens is 316 g/mol. The highest BCUT2D eigenvalue weighted by molar-refractivity contribution is 5.94. The van der Waals surface area contributed by atoms with Gasteiger partial charge in [0.1, 0.15) is 5.82 Å². The molecule has 21 heavy (non-hydrogen) atoms. The van der Waals surface area contributed by atoms with E-state index in [1.807, 2.05) is 4.90 Å². The van der Waals surface area contributed by atoms with Crippen molar-refractivity contribution in [3.8, 4) is 0 Å². The Labute approximate surface area is 136 Å². The summed E-state index contributed by atoms with van der Waals surface area (Å²) in [7, 11) is 0. The van der Waals surface area contributed by atoms with E-state index in [0.717, 1.165) is 25.9 Å². The molecule has 1 aromatic carbocycles. The quantitative estimate of drug-likeness (QED) is 0.610. The summed E-state index contributed by atoms with van der Waals surface area (Å²) in [4.78, 5) is 10.0. The molecule has 1 saturated heterocycles. The van der Waals surface area contributed by atoms with Crippen molar-refractivity contribution in [2.75, 3.05) is 13.1 Å². The monoisotopic (exact) mass is 335 g/mol. The topological polar surface area (TPSA) is 80.0 Å². The molecule has 8 heteroatoms. The number of hydrogen-bond donors (Lipinski definition) is 2. The number of halogens is 3. The smallest absolute Gasteiger partial charge is 0.223 e. The fourth-order valence-corrected chi connectivity index (χ4v) is 2.01. The summed E-state index contributed by atoms with van der Waals surface area (Å²) in [5.41, 5.74) is 12.0. The van der Waals surface area contributed by atoms with Crippen LogP contribution in [0.5, 0.6) is 0 Å². The SMILES string of the molecule is Cl.Cl.NC(=Nc1cccc(F)c1)/N=C(/N)N1CCCCC1. The predicted molar refractivity (Wildman–Crippen MR) is 89.2 cm³/mol. The molecule has 0 spiro atoms. The maximum absolute atomic E-state index is 13.0. The molecule has 1 aromatic rings. The van der Waals surface area contributed by atoms with Crippen LogP contribution in [0, 0.1) is 5.82 Å². The molecule has 1 aliphatic rings. The average molecular weight is 336 g/mol. The number of hydrogen-bond acceptors (Lipinski definition) is 1. The first-order chi connectivity index (χ1) is 9.15. The Morgan fingerprint density at radius 2 is 1.76 bits per heavy atom. The second-order valence-corrected chi connectivity index (χ2v) is 4.47. The van der Waals surface area contributed by atoms with Crippen molar-refractivity contribution in [1.82, 2.24) is 4.90 Å². The maximum Gasteiger partial charge on any atom is 0.223 e. The van der Waals surface area contributed by atoms with Gasteiger partial charge in [0.15, 0.2) is 5.96 Å². The summed E-state index contributed by atoms with van der Waals surface area (Å²) >= 11 is 0. The van der Waals surface area contributed by atoms with Crippen molar-refractivity contribution in [1.29, 1.82) is 0 Å². The van der Waals surface area contributed by atoms with Crippen LogP contribution in [-0.2, 0) is 0 Å². The lowest BCUT2D eigenvalue weighted by molar-refractivity contribution is 0.339. The molecule has 1 aliphatic heterocycles. The van der Waals surface area contributed by atoms with Crippen LogP contribution in [0.1, 0.15) is 19.3 Å². The van der Waals surface area contributed by atoms with Crippen LogP contribution in [0.25, 0.3) is 0 Å². The standard InChI is InChI=1S/C13H18FN5.2ClH/c14-10-5-4-6-11(9-10)17-12(15)18-13(16)19-7-2-1-3-8-19;;/h4-6,9H,1-3,7-8H2,(H4,15,16,17,18);2*1H. The Hall–Kier alpha value is -1.53. The molecule has 2 rings (SSSR count). The van der Waals surface area contributed by atoms with Crippen molar-refractivity contribution in [2.45, 2.75) is 19.3 Å². The van der Waals surface area contributed by atoms with Gasteiger partial charge in [-0.05, 0) is 37.5 Å². The Kier molecular flexibility index (Phi) is 8.73. The van der Waals surface area contributed by atoms with E-state index in [-0.39, 0.29) is 36.6 Å². The Morgan fingerprint density at radius 1 is 1.10 bits per heavy atom. The van der Waals surface area contributed by atoms with E-state index >= 15 is 0 Å². The van der Waals surface area contributed by atoms with E-state index in [1.54, 1.807) is 12.1 Å². The third kappa shape index (κ3) is 6.18. The second-order valence-electron chi connectivity index (χ2n) is 4.47. The van der Waals surface area contributed by atoms with Crippen molar-refractivity contribution in [3.63, 3.8) is 0 Å². The maximum atomic E-state index is 13.0. The third-order valence-corrected chi connectivity index (χ3v) is 2.96. The van der Waals surface area contributed by atoms with Crippen LogP contribution in [0.4, 0.5) is 10.1 Å². The molecule has 1 heterocycles. The molecule has 0 atom stereocenters. The van der Waals surface area contributed by atoms with Gasteiger partial charge in [-0.2, -0.15) is 4.99 Å². The van der Waals surface area contributed by atoms with E-state index in [2.05, 4.69) is 9.98 Å². The van der Waals surface area contributed by atoms with Gasteiger partial charge in [0.2, 0.25) is 5.96 Å². The van der Waals surface area contributed by atoms with Crippen LogP contribution < -0.4 is 11.5 Å². The molecular formula is C13H20Cl2FN5. The van der Waals surface area contributed by atoms with Crippen LogP contribution in [0.2, 0.25) is 0 Å². The van der Waals surface area contributed by atoms with Crippen LogP contribution in [0.3, 0.4) is 0 Å². The fourth-order valence-electron chi connectivity index (χ4n) is 2.01. The van der Waals surface area contributed by atoms with E-state index in [9.17, 15) is 4.39 Å². The number of nitrogens with two attached hydrogens (primary N) is 2. The molecule has 0 radical (unpaired) electrons. The highest BCUT2D eigenvalue weighted by atomic mass is 35.5. The first-order valence-electron chi connectivity index (χ1n) is 6.34. The second kappa shape index (κ2) is 9.41. The molecule has 118 valence electrons. The molecule has 1 fully saturated rings. The first kappa shape index (κ1) is 19.5. The van der Waals surface area contributed by atoms with Crippen molar-refractivity contribution >= 4 is 42.4 Å². The molecule has 4 N–H and O–H groups in total. The van der Waals surface area contributed by atoms with E-state index in [4.69, 9.17) is 11.5 Å². The predicted octanol–water partition coefficient (Wildman–Crippen LogP) is 2.42. The van der Waals surface area contributed by atoms with Gasteiger partial charge < -0.3 is 16.4 Å². The average Bonchev–Trinajstić information content (AvgIpc) is 2.39. The van der Waals surface area contributed by atoms with E-state index < -0.39 is 0 Å². The normalized spacial score (nSPS) is 16.0. The van der Waals surface area contributed by atoms with E-state index in [1.165, 1.54) is 18.6 Å². The van der Waals surface area contributed by atoms with Crippen LogP contribution in [0.15, 0.2) is 34.3 Å². The summed E-state index contributed by atoms with van der Waals surface area (Å²) in [6.07, 6.45) is 3.44. The molecule has 0 amide bonds. The largest absolute Gasteiger partial charge is 0.369 e. The lowest BCUT2D eigenvalue weighted by Gasteiger charge is -2.27. The zero-order valence-corrected chi connectivity index (χ0v) is 13.2. The van der Waals surface area contributed by atoms with Crippen molar-refractivity contribution in [3.05, 3.63) is 30.1 Å². The molecule has 0 saturated carbocycles. The summed E-state index contributed by atoms with van der Waals surface area (Å²) in [6.45, 7) is 1.78. The molecule has 5 nitrogen and oxygen atoms in total. The number of rotatable bonds is 1. The van der Waals surface area contributed by atoms with Gasteiger partial charge in [-0.25, -0.2) is 9.38 Å². The fraction of sp³-hybridized carbons (Fsp3) is 0.385. The van der Waals surface area contributed by atoms with Gasteiger partial charge in [-0.1, -0.05) is 6.07 Å². The van der Waals surface area contributed by atoms with Crippen LogP contribution >= 0.6 is 24.8 Å². The number of likely N-dealkylation sites (tertiary alicyclic amines) is 1. The number of guanidine groups is 2.